The van der Waals surface area contributed by atoms with Crippen molar-refractivity contribution in [2.75, 3.05) is 11.9 Å². The van der Waals surface area contributed by atoms with E-state index in [4.69, 9.17) is 0 Å². The Morgan fingerprint density at radius 3 is 2.50 bits per heavy atom. The molecule has 1 aromatic carbocycles. The van der Waals surface area contributed by atoms with Crippen molar-refractivity contribution < 1.29 is 9.50 Å². The number of fused-ring (bicyclic) bond motifs is 2. The number of aromatic nitrogens is 4. The molecule has 4 N–H and O–H groups in total. The van der Waals surface area contributed by atoms with Gasteiger partial charge in [0, 0.05) is 34.3 Å². The molecule has 2 aliphatic heterocycles. The van der Waals surface area contributed by atoms with Crippen LogP contribution in [0, 0.1) is 11.7 Å². The fraction of sp³-hybridized carbons (Fsp3) is 0.435. The van der Waals surface area contributed by atoms with Crippen LogP contribution in [0.25, 0.3) is 22.4 Å². The fourth-order valence-corrected chi connectivity index (χ4v) is 5.87. The Kier molecular flexibility index (Phi) is 5.21. The van der Waals surface area contributed by atoms with Crippen LogP contribution in [0.15, 0.2) is 35.1 Å². The number of phenolic OH excluding ortho intramolecular Hbond substituents is 1. The highest BCUT2D eigenvalue weighted by Gasteiger charge is 2.48. The summed E-state index contributed by atoms with van der Waals surface area (Å²) in [6, 6.07) is 6.21. The molecule has 2 fully saturated rings. The van der Waals surface area contributed by atoms with Gasteiger partial charge in [0.05, 0.1) is 11.9 Å². The first-order valence-corrected chi connectivity index (χ1v) is 11.6. The zero-order valence-electron chi connectivity index (χ0n) is 18.0. The lowest BCUT2D eigenvalue weighted by Crippen LogP contribution is -2.54. The third-order valence-electron chi connectivity index (χ3n) is 6.79. The summed E-state index contributed by atoms with van der Waals surface area (Å²) in [5.74, 6) is 0.694. The van der Waals surface area contributed by atoms with Crippen LogP contribution in [0.1, 0.15) is 39.5 Å². The van der Waals surface area contributed by atoms with Gasteiger partial charge in [-0.25, -0.2) is 4.39 Å². The number of phenols is 1. The predicted molar refractivity (Wildman–Crippen MR) is 125 cm³/mol. The van der Waals surface area contributed by atoms with Crippen LogP contribution >= 0.6 is 15.9 Å². The number of piperidine rings is 1. The zero-order valence-corrected chi connectivity index (χ0v) is 19.6. The van der Waals surface area contributed by atoms with Gasteiger partial charge in [0.1, 0.15) is 22.0 Å². The van der Waals surface area contributed by atoms with Crippen molar-refractivity contribution in [1.29, 1.82) is 0 Å². The third-order valence-corrected chi connectivity index (χ3v) is 7.40. The molecule has 168 valence electrons. The molecule has 2 aliphatic rings. The first-order chi connectivity index (χ1) is 15.2. The number of halogens is 2. The van der Waals surface area contributed by atoms with E-state index in [1.165, 1.54) is 31.2 Å². The number of anilines is 1. The number of nitrogens with one attached hydrogen (secondary N) is 3. The summed E-state index contributed by atoms with van der Waals surface area (Å²) in [6.07, 6.45) is 6.24. The molecule has 0 amide bonds. The smallest absolute Gasteiger partial charge is 0.148 e. The Bertz CT molecular complexity index is 1130. The number of aromatic amines is 1. The van der Waals surface area contributed by atoms with Gasteiger partial charge in [0.15, 0.2) is 0 Å². The second-order valence-corrected chi connectivity index (χ2v) is 10.4. The Labute approximate surface area is 194 Å². The number of aromatic hydroxyl groups is 1. The molecule has 4 heterocycles. The Morgan fingerprint density at radius 1 is 1.12 bits per heavy atom. The minimum Gasteiger partial charge on any atom is -0.507 e. The first kappa shape index (κ1) is 21.3. The fourth-order valence-electron chi connectivity index (χ4n) is 5.45. The highest BCUT2D eigenvalue weighted by atomic mass is 79.9. The third kappa shape index (κ3) is 3.99. The zero-order chi connectivity index (χ0) is 22.5. The van der Waals surface area contributed by atoms with Gasteiger partial charge in [0.2, 0.25) is 0 Å². The molecule has 2 unspecified atom stereocenters. The van der Waals surface area contributed by atoms with Crippen molar-refractivity contribution >= 4 is 21.7 Å². The molecule has 2 bridgehead atoms. The molecule has 0 radical (unpaired) electrons. The summed E-state index contributed by atoms with van der Waals surface area (Å²) in [4.78, 5) is 0. The number of benzene rings is 1. The van der Waals surface area contributed by atoms with Crippen molar-refractivity contribution in [3.05, 3.63) is 40.9 Å². The van der Waals surface area contributed by atoms with Gasteiger partial charge in [-0.3, -0.25) is 5.10 Å². The quantitative estimate of drug-likeness (QED) is 0.399. The molecule has 0 spiro atoms. The lowest BCUT2D eigenvalue weighted by atomic mass is 9.80. The topological polar surface area (TPSA) is 98.8 Å². The van der Waals surface area contributed by atoms with E-state index in [0.717, 1.165) is 19.4 Å². The van der Waals surface area contributed by atoms with Crippen molar-refractivity contribution in [1.82, 2.24) is 25.7 Å². The van der Waals surface area contributed by atoms with E-state index in [9.17, 15) is 9.50 Å². The molecule has 9 heteroatoms. The normalized spacial score (nSPS) is 26.9. The van der Waals surface area contributed by atoms with E-state index >= 15 is 0 Å². The molecular weight excluding hydrogens is 475 g/mol. The van der Waals surface area contributed by atoms with Gasteiger partial charge in [-0.1, -0.05) is 0 Å². The molecule has 0 saturated carbocycles. The first-order valence-electron chi connectivity index (χ1n) is 10.8. The minimum atomic E-state index is -0.480. The molecule has 2 atom stereocenters. The van der Waals surface area contributed by atoms with Crippen LogP contribution < -0.4 is 10.6 Å². The van der Waals surface area contributed by atoms with Gasteiger partial charge in [-0.05, 0) is 85.6 Å². The highest BCUT2D eigenvalue weighted by molar-refractivity contribution is 9.10. The summed E-state index contributed by atoms with van der Waals surface area (Å²) in [6.45, 7) is 5.48. The SMILES string of the molecule is CC12CCC(C)(CC(CNc3ccc(-c4cc(F)c(-c5cn[nH]c5Br)cc4O)nn3)C1)N2. The summed E-state index contributed by atoms with van der Waals surface area (Å²) < 4.78 is 15.3. The maximum absolute atomic E-state index is 14.8. The van der Waals surface area contributed by atoms with Gasteiger partial charge in [0.25, 0.3) is 0 Å². The molecule has 3 aromatic rings. The number of hydrogen-bond donors (Lipinski definition) is 4. The second kappa shape index (κ2) is 7.81. The number of hydrogen-bond acceptors (Lipinski definition) is 6. The molecular formula is C23H26BrFN6O. The standard InChI is InChI=1S/C23H26BrFN6O/c1-22-5-6-23(2,31-22)10-13(9-22)11-26-20-4-3-18(28-29-20)15-7-17(25)14(8-19(15)32)16-12-27-30-21(16)24/h3-4,7-8,12-13,31-32H,5-6,9-11H2,1-2H3,(H,26,29)(H,27,30). The number of rotatable bonds is 5. The molecule has 7 nitrogen and oxygen atoms in total. The van der Waals surface area contributed by atoms with Crippen LogP contribution in [-0.4, -0.2) is 43.1 Å². The number of nitrogens with zero attached hydrogens (tertiary/aromatic N) is 3. The van der Waals surface area contributed by atoms with E-state index in [0.29, 0.717) is 33.2 Å². The van der Waals surface area contributed by atoms with Gasteiger partial charge in [-0.15, -0.1) is 10.2 Å². The van der Waals surface area contributed by atoms with E-state index in [1.54, 1.807) is 6.07 Å². The summed E-state index contributed by atoms with van der Waals surface area (Å²) >= 11 is 3.29. The monoisotopic (exact) mass is 500 g/mol. The second-order valence-electron chi connectivity index (χ2n) is 9.65. The lowest BCUT2D eigenvalue weighted by Gasteiger charge is -2.42. The number of H-pyrrole nitrogens is 1. The average molecular weight is 501 g/mol. The van der Waals surface area contributed by atoms with E-state index in [2.05, 4.69) is 60.8 Å². The van der Waals surface area contributed by atoms with Crippen LogP contribution in [0.5, 0.6) is 5.75 Å². The van der Waals surface area contributed by atoms with Crippen LogP contribution in [-0.2, 0) is 0 Å². The van der Waals surface area contributed by atoms with Crippen molar-refractivity contribution in [2.24, 2.45) is 5.92 Å². The van der Waals surface area contributed by atoms with Crippen LogP contribution in [0.4, 0.5) is 10.2 Å². The maximum atomic E-state index is 14.8. The van der Waals surface area contributed by atoms with Crippen LogP contribution in [0.2, 0.25) is 0 Å². The molecule has 0 aliphatic carbocycles. The Hall–Kier alpha value is -2.52. The van der Waals surface area contributed by atoms with Crippen molar-refractivity contribution in [2.45, 2.75) is 50.6 Å². The van der Waals surface area contributed by atoms with Gasteiger partial charge in [-0.2, -0.15) is 5.10 Å². The molecule has 32 heavy (non-hydrogen) atoms. The molecule has 2 saturated heterocycles. The Morgan fingerprint density at radius 2 is 1.88 bits per heavy atom. The van der Waals surface area contributed by atoms with Crippen molar-refractivity contribution in [3.63, 3.8) is 0 Å². The van der Waals surface area contributed by atoms with Crippen molar-refractivity contribution in [3.8, 4) is 28.1 Å². The minimum absolute atomic E-state index is 0.0730. The highest BCUT2D eigenvalue weighted by Crippen LogP contribution is 2.44. The van der Waals surface area contributed by atoms with Crippen LogP contribution in [0.3, 0.4) is 0 Å². The van der Waals surface area contributed by atoms with E-state index in [-0.39, 0.29) is 22.4 Å². The summed E-state index contributed by atoms with van der Waals surface area (Å²) in [5.41, 5.74) is 1.94. The molecule has 2 aromatic heterocycles. The van der Waals surface area contributed by atoms with E-state index in [1.807, 2.05) is 6.07 Å². The predicted octanol–water partition coefficient (Wildman–Crippen LogP) is 4.86. The average Bonchev–Trinajstić information content (AvgIpc) is 3.27. The van der Waals surface area contributed by atoms with Gasteiger partial charge >= 0.3 is 0 Å². The largest absolute Gasteiger partial charge is 0.507 e. The Balaban J connectivity index is 1.29. The van der Waals surface area contributed by atoms with E-state index < -0.39 is 5.82 Å². The molecule has 5 rings (SSSR count). The van der Waals surface area contributed by atoms with Gasteiger partial charge < -0.3 is 15.7 Å². The summed E-state index contributed by atoms with van der Waals surface area (Å²) in [5, 5.41) is 32.8. The lowest BCUT2D eigenvalue weighted by molar-refractivity contribution is 0.178. The summed E-state index contributed by atoms with van der Waals surface area (Å²) in [7, 11) is 0. The maximum Gasteiger partial charge on any atom is 0.148 e.